The highest BCUT2D eigenvalue weighted by Crippen LogP contribution is 2.30. The van der Waals surface area contributed by atoms with Gasteiger partial charge in [-0.1, -0.05) is 30.3 Å². The van der Waals surface area contributed by atoms with Crippen LogP contribution in [0.1, 0.15) is 18.5 Å². The van der Waals surface area contributed by atoms with Crippen molar-refractivity contribution in [2.75, 3.05) is 31.1 Å². The molecule has 3 aliphatic rings. The van der Waals surface area contributed by atoms with E-state index in [-0.39, 0.29) is 0 Å². The molecule has 3 nitrogen and oxygen atoms in total. The second-order valence-corrected chi connectivity index (χ2v) is 6.43. The maximum atomic E-state index is 4.88. The normalized spacial score (nSPS) is 24.3. The average molecular weight is 293 g/mol. The maximum absolute atomic E-state index is 4.88. The Balaban J connectivity index is 1.65. The minimum atomic E-state index is 0.696. The van der Waals surface area contributed by atoms with E-state index in [2.05, 4.69) is 53.1 Å². The lowest BCUT2D eigenvalue weighted by Crippen LogP contribution is -2.38. The Morgan fingerprint density at radius 1 is 0.909 bits per heavy atom. The van der Waals surface area contributed by atoms with E-state index in [1.165, 1.54) is 43.7 Å². The topological polar surface area (TPSA) is 19.4 Å². The van der Waals surface area contributed by atoms with E-state index in [1.54, 1.807) is 0 Å². The van der Waals surface area contributed by atoms with Gasteiger partial charge in [-0.15, -0.1) is 0 Å². The number of aromatic nitrogens is 1. The fourth-order valence-corrected chi connectivity index (χ4v) is 3.83. The average Bonchev–Trinajstić information content (AvgIpc) is 2.89. The molecule has 2 aromatic rings. The van der Waals surface area contributed by atoms with Crippen LogP contribution in [0, 0.1) is 6.92 Å². The molecule has 0 saturated carbocycles. The fourth-order valence-electron chi connectivity index (χ4n) is 3.83. The van der Waals surface area contributed by atoms with Crippen LogP contribution in [0.2, 0.25) is 0 Å². The van der Waals surface area contributed by atoms with Gasteiger partial charge < -0.3 is 9.80 Å². The van der Waals surface area contributed by atoms with E-state index in [4.69, 9.17) is 4.98 Å². The first-order chi connectivity index (χ1) is 10.8. The molecule has 0 atom stereocenters. The summed E-state index contributed by atoms with van der Waals surface area (Å²) >= 11 is 0. The Bertz CT molecular complexity index is 645. The summed E-state index contributed by atoms with van der Waals surface area (Å²) in [7, 11) is 0. The lowest BCUT2D eigenvalue weighted by molar-refractivity contribution is 0.250. The van der Waals surface area contributed by atoms with Gasteiger partial charge in [0.25, 0.3) is 0 Å². The predicted octanol–water partition coefficient (Wildman–Crippen LogP) is 3.34. The molecule has 3 fully saturated rings. The minimum absolute atomic E-state index is 0.696. The standard InChI is InChI=1S/C19H23N3/c1-15-19(22-14-13-21-11-9-17(22)10-12-21)8-7-18(20-15)16-5-3-2-4-6-16/h2-8,17H,9-14H2,1H3. The molecule has 3 heteroatoms. The molecule has 0 radical (unpaired) electrons. The SMILES string of the molecule is Cc1nc(-c2ccccc2)ccc1N1CCN2CCC1CC2. The van der Waals surface area contributed by atoms with Gasteiger partial charge in [-0.2, -0.15) is 0 Å². The summed E-state index contributed by atoms with van der Waals surface area (Å²) in [6.07, 6.45) is 2.58. The summed E-state index contributed by atoms with van der Waals surface area (Å²) in [4.78, 5) is 10.1. The smallest absolute Gasteiger partial charge is 0.0706 e. The van der Waals surface area contributed by atoms with Gasteiger partial charge in [0.05, 0.1) is 17.1 Å². The number of pyridine rings is 1. The zero-order valence-electron chi connectivity index (χ0n) is 13.2. The van der Waals surface area contributed by atoms with Gasteiger partial charge in [-0.25, -0.2) is 0 Å². The number of rotatable bonds is 2. The van der Waals surface area contributed by atoms with Crippen molar-refractivity contribution in [3.05, 3.63) is 48.2 Å². The van der Waals surface area contributed by atoms with Gasteiger partial charge in [0.1, 0.15) is 0 Å². The van der Waals surface area contributed by atoms with E-state index < -0.39 is 0 Å². The van der Waals surface area contributed by atoms with Gasteiger partial charge in [0.15, 0.2) is 0 Å². The number of benzene rings is 1. The number of anilines is 1. The zero-order chi connectivity index (χ0) is 14.9. The molecule has 0 unspecified atom stereocenters. The molecular formula is C19H23N3. The first-order valence-corrected chi connectivity index (χ1v) is 8.33. The molecule has 4 heterocycles. The van der Waals surface area contributed by atoms with Crippen LogP contribution in [0.15, 0.2) is 42.5 Å². The van der Waals surface area contributed by atoms with E-state index in [0.29, 0.717) is 6.04 Å². The molecule has 1 aromatic heterocycles. The highest BCUT2D eigenvalue weighted by atomic mass is 15.3. The zero-order valence-corrected chi connectivity index (χ0v) is 13.2. The van der Waals surface area contributed by atoms with Crippen molar-refractivity contribution in [1.29, 1.82) is 0 Å². The van der Waals surface area contributed by atoms with Gasteiger partial charge in [0, 0.05) is 37.8 Å². The molecule has 2 bridgehead atoms. The maximum Gasteiger partial charge on any atom is 0.0706 e. The largest absolute Gasteiger partial charge is 0.366 e. The van der Waals surface area contributed by atoms with E-state index >= 15 is 0 Å². The van der Waals surface area contributed by atoms with Crippen LogP contribution in [0.5, 0.6) is 0 Å². The van der Waals surface area contributed by atoms with Crippen molar-refractivity contribution in [2.45, 2.75) is 25.8 Å². The van der Waals surface area contributed by atoms with Crippen LogP contribution in [-0.4, -0.2) is 42.1 Å². The molecule has 0 spiro atoms. The summed E-state index contributed by atoms with van der Waals surface area (Å²) in [5.41, 5.74) is 4.75. The number of hydrogen-bond donors (Lipinski definition) is 0. The van der Waals surface area contributed by atoms with Crippen molar-refractivity contribution in [3.63, 3.8) is 0 Å². The van der Waals surface area contributed by atoms with Crippen molar-refractivity contribution in [2.24, 2.45) is 0 Å². The molecule has 1 aromatic carbocycles. The molecular weight excluding hydrogens is 270 g/mol. The second kappa shape index (κ2) is 5.73. The quantitative estimate of drug-likeness (QED) is 0.846. The van der Waals surface area contributed by atoms with Crippen LogP contribution in [0.25, 0.3) is 11.3 Å². The van der Waals surface area contributed by atoms with Crippen LogP contribution in [0.3, 0.4) is 0 Å². The Labute approximate surface area is 132 Å². The monoisotopic (exact) mass is 293 g/mol. The van der Waals surface area contributed by atoms with Gasteiger partial charge in [-0.3, -0.25) is 4.98 Å². The molecule has 3 saturated heterocycles. The predicted molar refractivity (Wildman–Crippen MR) is 91.2 cm³/mol. The minimum Gasteiger partial charge on any atom is -0.366 e. The molecule has 5 rings (SSSR count). The molecule has 0 N–H and O–H groups in total. The summed E-state index contributed by atoms with van der Waals surface area (Å²) < 4.78 is 0. The third-order valence-electron chi connectivity index (χ3n) is 5.09. The van der Waals surface area contributed by atoms with Crippen LogP contribution in [-0.2, 0) is 0 Å². The molecule has 22 heavy (non-hydrogen) atoms. The van der Waals surface area contributed by atoms with E-state index in [1.807, 2.05) is 6.07 Å². The van der Waals surface area contributed by atoms with Gasteiger partial charge in [0.2, 0.25) is 0 Å². The fraction of sp³-hybridized carbons (Fsp3) is 0.421. The molecule has 0 amide bonds. The number of aryl methyl sites for hydroxylation is 1. The summed E-state index contributed by atoms with van der Waals surface area (Å²) in [5, 5.41) is 0. The van der Waals surface area contributed by atoms with Crippen molar-refractivity contribution in [1.82, 2.24) is 9.88 Å². The second-order valence-electron chi connectivity index (χ2n) is 6.43. The van der Waals surface area contributed by atoms with Gasteiger partial charge in [-0.05, 0) is 31.9 Å². The Kier molecular flexibility index (Phi) is 3.59. The first-order valence-electron chi connectivity index (χ1n) is 8.33. The Morgan fingerprint density at radius 2 is 1.68 bits per heavy atom. The third kappa shape index (κ3) is 2.50. The lowest BCUT2D eigenvalue weighted by atomic mass is 10.0. The Morgan fingerprint density at radius 3 is 2.41 bits per heavy atom. The summed E-state index contributed by atoms with van der Waals surface area (Å²) in [6.45, 7) is 7.00. The molecule has 114 valence electrons. The Hall–Kier alpha value is -1.87. The molecule has 0 aliphatic carbocycles. The van der Waals surface area contributed by atoms with Crippen molar-refractivity contribution in [3.8, 4) is 11.3 Å². The summed E-state index contributed by atoms with van der Waals surface area (Å²) in [5.74, 6) is 0. The summed E-state index contributed by atoms with van der Waals surface area (Å²) in [6, 6.07) is 15.6. The van der Waals surface area contributed by atoms with Crippen LogP contribution >= 0.6 is 0 Å². The van der Waals surface area contributed by atoms with E-state index in [0.717, 1.165) is 17.9 Å². The highest BCUT2D eigenvalue weighted by molar-refractivity contribution is 5.63. The number of piperidine rings is 1. The highest BCUT2D eigenvalue weighted by Gasteiger charge is 2.29. The number of fused-ring (bicyclic) bond motifs is 4. The van der Waals surface area contributed by atoms with Crippen molar-refractivity contribution < 1.29 is 0 Å². The third-order valence-corrected chi connectivity index (χ3v) is 5.09. The molecule has 3 aliphatic heterocycles. The van der Waals surface area contributed by atoms with E-state index in [9.17, 15) is 0 Å². The number of nitrogens with zero attached hydrogens (tertiary/aromatic N) is 3. The van der Waals surface area contributed by atoms with Crippen LogP contribution < -0.4 is 4.90 Å². The lowest BCUT2D eigenvalue weighted by Gasteiger charge is -2.33. The van der Waals surface area contributed by atoms with Crippen LogP contribution in [0.4, 0.5) is 5.69 Å². The first kappa shape index (κ1) is 13.8. The van der Waals surface area contributed by atoms with Crippen molar-refractivity contribution >= 4 is 5.69 Å². The van der Waals surface area contributed by atoms with Gasteiger partial charge >= 0.3 is 0 Å². The number of hydrogen-bond acceptors (Lipinski definition) is 3.